The normalized spacial score (nSPS) is 12.4. The average Bonchev–Trinajstić information content (AvgIpc) is 2.24. The molecule has 0 aromatic rings. The molecule has 6 heteroatoms. The predicted molar refractivity (Wildman–Crippen MR) is 75.0 cm³/mol. The van der Waals surface area contributed by atoms with Crippen LogP contribution in [0.3, 0.4) is 0 Å². The molecule has 0 bridgehead atoms. The molecule has 0 spiro atoms. The van der Waals surface area contributed by atoms with Crippen molar-refractivity contribution in [3.05, 3.63) is 0 Å². The van der Waals surface area contributed by atoms with Crippen LogP contribution in [0.5, 0.6) is 0 Å². The Kier molecular flexibility index (Phi) is 8.95. The summed E-state index contributed by atoms with van der Waals surface area (Å²) in [4.78, 5) is 24.8. The number of hydrogen-bond donors (Lipinski definition) is 2. The summed E-state index contributed by atoms with van der Waals surface area (Å²) < 4.78 is 4.74. The summed E-state index contributed by atoms with van der Waals surface area (Å²) in [6.45, 7) is 6.94. The number of hydrogen-bond acceptors (Lipinski definition) is 4. The summed E-state index contributed by atoms with van der Waals surface area (Å²) in [6.07, 6.45) is 0.894. The van der Waals surface area contributed by atoms with Gasteiger partial charge in [-0.05, 0) is 33.4 Å². The van der Waals surface area contributed by atoms with Crippen molar-refractivity contribution in [3.63, 3.8) is 0 Å². The minimum Gasteiger partial charge on any atom is -0.465 e. The van der Waals surface area contributed by atoms with Crippen LogP contribution in [-0.2, 0) is 9.53 Å². The average molecular weight is 273 g/mol. The standard InChI is InChI=1S/C13H27N3O3/c1-6-19-12(17)8-14-13(18)15-11(7-10(2)3)9-16(4)5/h10-11H,6-9H2,1-5H3,(H2,14,15,18). The second kappa shape index (κ2) is 9.61. The van der Waals surface area contributed by atoms with Gasteiger partial charge in [0.15, 0.2) is 0 Å². The molecule has 0 aromatic carbocycles. The number of urea groups is 1. The van der Waals surface area contributed by atoms with E-state index < -0.39 is 5.97 Å². The molecule has 0 rings (SSSR count). The van der Waals surface area contributed by atoms with E-state index in [4.69, 9.17) is 4.74 Å². The number of rotatable bonds is 8. The summed E-state index contributed by atoms with van der Waals surface area (Å²) in [7, 11) is 3.93. The number of nitrogens with one attached hydrogen (secondary N) is 2. The number of ether oxygens (including phenoxy) is 1. The molecule has 0 saturated heterocycles. The lowest BCUT2D eigenvalue weighted by molar-refractivity contribution is -0.141. The number of amides is 2. The molecule has 1 atom stereocenters. The number of esters is 1. The zero-order valence-corrected chi connectivity index (χ0v) is 12.7. The zero-order chi connectivity index (χ0) is 14.8. The van der Waals surface area contributed by atoms with Gasteiger partial charge in [-0.3, -0.25) is 4.79 Å². The molecule has 19 heavy (non-hydrogen) atoms. The van der Waals surface area contributed by atoms with Crippen molar-refractivity contribution in [2.24, 2.45) is 5.92 Å². The van der Waals surface area contributed by atoms with Crippen molar-refractivity contribution in [1.29, 1.82) is 0 Å². The van der Waals surface area contributed by atoms with E-state index >= 15 is 0 Å². The van der Waals surface area contributed by atoms with Gasteiger partial charge in [-0.2, -0.15) is 0 Å². The summed E-state index contributed by atoms with van der Waals surface area (Å²) in [5.74, 6) is 0.0703. The molecule has 0 aliphatic rings. The summed E-state index contributed by atoms with van der Waals surface area (Å²) >= 11 is 0. The molecule has 0 aromatic heterocycles. The zero-order valence-electron chi connectivity index (χ0n) is 12.7. The lowest BCUT2D eigenvalue weighted by atomic mass is 10.0. The summed E-state index contributed by atoms with van der Waals surface area (Å²) in [5, 5.41) is 5.38. The van der Waals surface area contributed by atoms with Crippen LogP contribution in [0.1, 0.15) is 27.2 Å². The fraction of sp³-hybridized carbons (Fsp3) is 0.846. The van der Waals surface area contributed by atoms with Gasteiger partial charge < -0.3 is 20.3 Å². The van der Waals surface area contributed by atoms with Crippen LogP contribution in [0, 0.1) is 5.92 Å². The lowest BCUT2D eigenvalue weighted by Gasteiger charge is -2.24. The molecule has 0 aliphatic heterocycles. The smallest absolute Gasteiger partial charge is 0.325 e. The summed E-state index contributed by atoms with van der Waals surface area (Å²) in [6, 6.07) is -0.266. The third kappa shape index (κ3) is 10.3. The first-order chi connectivity index (χ1) is 8.85. The van der Waals surface area contributed by atoms with E-state index in [-0.39, 0.29) is 18.6 Å². The Morgan fingerprint density at radius 2 is 1.89 bits per heavy atom. The molecular weight excluding hydrogens is 246 g/mol. The molecule has 0 aliphatic carbocycles. The van der Waals surface area contributed by atoms with Crippen molar-refractivity contribution in [2.75, 3.05) is 33.8 Å². The summed E-state index contributed by atoms with van der Waals surface area (Å²) in [5.41, 5.74) is 0. The van der Waals surface area contributed by atoms with Gasteiger partial charge in [-0.25, -0.2) is 4.79 Å². The van der Waals surface area contributed by atoms with Crippen molar-refractivity contribution in [1.82, 2.24) is 15.5 Å². The predicted octanol–water partition coefficient (Wildman–Crippen LogP) is 0.825. The highest BCUT2D eigenvalue weighted by Gasteiger charge is 2.15. The van der Waals surface area contributed by atoms with Gasteiger partial charge in [0, 0.05) is 12.6 Å². The highest BCUT2D eigenvalue weighted by Crippen LogP contribution is 2.05. The molecule has 6 nitrogen and oxygen atoms in total. The molecule has 2 amide bonds. The number of nitrogens with zero attached hydrogens (tertiary/aromatic N) is 1. The van der Waals surface area contributed by atoms with Crippen LogP contribution < -0.4 is 10.6 Å². The molecule has 2 N–H and O–H groups in total. The fourth-order valence-electron chi connectivity index (χ4n) is 1.79. The van der Waals surface area contributed by atoms with Gasteiger partial charge in [0.25, 0.3) is 0 Å². The second-order valence-corrected chi connectivity index (χ2v) is 5.22. The molecular formula is C13H27N3O3. The van der Waals surface area contributed by atoms with Gasteiger partial charge in [-0.15, -0.1) is 0 Å². The van der Waals surface area contributed by atoms with Crippen LogP contribution in [-0.4, -0.2) is 56.7 Å². The van der Waals surface area contributed by atoms with E-state index in [2.05, 4.69) is 24.5 Å². The molecule has 0 heterocycles. The first kappa shape index (κ1) is 17.7. The number of carbonyl (C=O) groups is 2. The Balaban J connectivity index is 4.11. The van der Waals surface area contributed by atoms with Crippen LogP contribution >= 0.6 is 0 Å². The highest BCUT2D eigenvalue weighted by atomic mass is 16.5. The van der Waals surface area contributed by atoms with E-state index in [9.17, 15) is 9.59 Å². The molecule has 0 radical (unpaired) electrons. The van der Waals surface area contributed by atoms with E-state index in [1.54, 1.807) is 6.92 Å². The van der Waals surface area contributed by atoms with Crippen molar-refractivity contribution in [3.8, 4) is 0 Å². The molecule has 1 unspecified atom stereocenters. The van der Waals surface area contributed by atoms with Crippen LogP contribution in [0.2, 0.25) is 0 Å². The Bertz CT molecular complexity index is 270. The topological polar surface area (TPSA) is 70.7 Å². The maximum Gasteiger partial charge on any atom is 0.325 e. The van der Waals surface area contributed by atoms with Crippen LogP contribution in [0.15, 0.2) is 0 Å². The van der Waals surface area contributed by atoms with Gasteiger partial charge in [0.1, 0.15) is 6.54 Å². The third-order valence-electron chi connectivity index (χ3n) is 2.38. The van der Waals surface area contributed by atoms with Crippen LogP contribution in [0.25, 0.3) is 0 Å². The fourth-order valence-corrected chi connectivity index (χ4v) is 1.79. The number of carbonyl (C=O) groups excluding carboxylic acids is 2. The van der Waals surface area contributed by atoms with E-state index in [0.717, 1.165) is 13.0 Å². The lowest BCUT2D eigenvalue weighted by Crippen LogP contribution is -2.48. The van der Waals surface area contributed by atoms with Crippen molar-refractivity contribution >= 4 is 12.0 Å². The van der Waals surface area contributed by atoms with E-state index in [1.807, 2.05) is 19.0 Å². The largest absolute Gasteiger partial charge is 0.465 e. The highest BCUT2D eigenvalue weighted by molar-refractivity contribution is 5.80. The van der Waals surface area contributed by atoms with Gasteiger partial charge in [0.05, 0.1) is 6.61 Å². The first-order valence-corrected chi connectivity index (χ1v) is 6.69. The Labute approximate surface area is 115 Å². The number of likely N-dealkylation sites (N-methyl/N-ethyl adjacent to an activating group) is 1. The van der Waals surface area contributed by atoms with Crippen molar-refractivity contribution in [2.45, 2.75) is 33.2 Å². The molecule has 0 fully saturated rings. The minimum atomic E-state index is -0.425. The Hall–Kier alpha value is -1.30. The Morgan fingerprint density at radius 3 is 2.37 bits per heavy atom. The van der Waals surface area contributed by atoms with E-state index in [1.165, 1.54) is 0 Å². The quantitative estimate of drug-likeness (QED) is 0.643. The molecule has 0 saturated carbocycles. The third-order valence-corrected chi connectivity index (χ3v) is 2.38. The van der Waals surface area contributed by atoms with Gasteiger partial charge in [0.2, 0.25) is 0 Å². The van der Waals surface area contributed by atoms with Gasteiger partial charge in [-0.1, -0.05) is 13.8 Å². The maximum atomic E-state index is 11.7. The minimum absolute atomic E-state index is 0.0668. The van der Waals surface area contributed by atoms with E-state index in [0.29, 0.717) is 12.5 Å². The Morgan fingerprint density at radius 1 is 1.26 bits per heavy atom. The maximum absolute atomic E-state index is 11.7. The van der Waals surface area contributed by atoms with Crippen molar-refractivity contribution < 1.29 is 14.3 Å². The van der Waals surface area contributed by atoms with Crippen LogP contribution in [0.4, 0.5) is 4.79 Å². The molecule has 112 valence electrons. The monoisotopic (exact) mass is 273 g/mol. The van der Waals surface area contributed by atoms with Gasteiger partial charge >= 0.3 is 12.0 Å². The first-order valence-electron chi connectivity index (χ1n) is 6.69. The SMILES string of the molecule is CCOC(=O)CNC(=O)NC(CC(C)C)CN(C)C. The second-order valence-electron chi connectivity index (χ2n) is 5.22.